The molecule has 1 aromatic carbocycles. The highest BCUT2D eigenvalue weighted by atomic mass is 35.5. The van der Waals surface area contributed by atoms with E-state index in [-0.39, 0.29) is 30.5 Å². The van der Waals surface area contributed by atoms with E-state index in [1.807, 2.05) is 0 Å². The van der Waals surface area contributed by atoms with Crippen molar-refractivity contribution in [2.75, 3.05) is 34.4 Å². The van der Waals surface area contributed by atoms with E-state index in [1.54, 1.807) is 13.1 Å². The summed E-state index contributed by atoms with van der Waals surface area (Å²) in [6.45, 7) is 0.505. The molecule has 22 heavy (non-hydrogen) atoms. The molecule has 1 amide bonds. The Hall–Kier alpha value is -2.06. The molecule has 0 aromatic heterocycles. The van der Waals surface area contributed by atoms with Crippen molar-refractivity contribution >= 4 is 24.0 Å². The van der Waals surface area contributed by atoms with Crippen LogP contribution in [-0.2, 0) is 11.2 Å². The quantitative estimate of drug-likeness (QED) is 0.541. The molecule has 0 aliphatic heterocycles. The van der Waals surface area contributed by atoms with Gasteiger partial charge in [0.2, 0.25) is 5.91 Å². The average Bonchev–Trinajstić information content (AvgIpc) is 2.46. The van der Waals surface area contributed by atoms with Gasteiger partial charge in [-0.15, -0.1) is 12.4 Å². The van der Waals surface area contributed by atoms with Crippen LogP contribution in [0.25, 0.3) is 0 Å². The van der Waals surface area contributed by atoms with Crippen LogP contribution < -0.4 is 20.1 Å². The Morgan fingerprint density at radius 2 is 1.86 bits per heavy atom. The summed E-state index contributed by atoms with van der Waals surface area (Å²) in [5.74, 6) is 0.549. The second kappa shape index (κ2) is 9.80. The lowest BCUT2D eigenvalue weighted by Gasteiger charge is -2.11. The maximum atomic E-state index is 11.3. The van der Waals surface area contributed by atoms with Gasteiger partial charge in [-0.25, -0.2) is 0 Å². The number of nitrogens with zero attached hydrogens (tertiary/aromatic N) is 1. The highest BCUT2D eigenvalue weighted by molar-refractivity contribution is 5.85. The van der Waals surface area contributed by atoms with Crippen molar-refractivity contribution in [2.45, 2.75) is 6.42 Å². The van der Waals surface area contributed by atoms with Crippen molar-refractivity contribution < 1.29 is 19.2 Å². The Morgan fingerprint density at radius 3 is 2.36 bits per heavy atom. The van der Waals surface area contributed by atoms with Gasteiger partial charge in [0.1, 0.15) is 0 Å². The molecule has 0 saturated carbocycles. The van der Waals surface area contributed by atoms with Crippen molar-refractivity contribution in [3.05, 3.63) is 27.8 Å². The minimum atomic E-state index is -0.479. The molecule has 1 aromatic rings. The number of rotatable bonds is 8. The van der Waals surface area contributed by atoms with Crippen LogP contribution in [0.3, 0.4) is 0 Å². The molecule has 0 unspecified atom stereocenters. The van der Waals surface area contributed by atoms with Crippen LogP contribution in [0, 0.1) is 10.1 Å². The summed E-state index contributed by atoms with van der Waals surface area (Å²) in [6, 6.07) is 2.88. The molecule has 0 aliphatic rings. The van der Waals surface area contributed by atoms with Crippen LogP contribution in [0.5, 0.6) is 11.5 Å². The number of nitro groups is 1. The second-order valence-electron chi connectivity index (χ2n) is 4.22. The summed E-state index contributed by atoms with van der Waals surface area (Å²) in [5.41, 5.74) is 0.415. The van der Waals surface area contributed by atoms with Crippen molar-refractivity contribution in [1.29, 1.82) is 0 Å². The Balaban J connectivity index is 0.00000441. The first kappa shape index (κ1) is 19.9. The predicted octanol–water partition coefficient (Wildman–Crippen LogP) is 0.912. The number of amides is 1. The number of benzene rings is 1. The van der Waals surface area contributed by atoms with E-state index >= 15 is 0 Å². The van der Waals surface area contributed by atoms with Crippen LogP contribution in [0.15, 0.2) is 12.1 Å². The zero-order chi connectivity index (χ0) is 15.8. The third-order valence-corrected chi connectivity index (χ3v) is 2.84. The predicted molar refractivity (Wildman–Crippen MR) is 84.1 cm³/mol. The number of likely N-dealkylation sites (N-methyl/N-ethyl adjacent to an activating group) is 1. The van der Waals surface area contributed by atoms with Crippen molar-refractivity contribution in [2.24, 2.45) is 0 Å². The van der Waals surface area contributed by atoms with E-state index in [4.69, 9.17) is 9.47 Å². The average molecular weight is 334 g/mol. The minimum absolute atomic E-state index is 0. The second-order valence-corrected chi connectivity index (χ2v) is 4.22. The molecule has 0 spiro atoms. The van der Waals surface area contributed by atoms with Gasteiger partial charge >= 0.3 is 0 Å². The molecule has 0 radical (unpaired) electrons. The molecule has 0 saturated heterocycles. The Labute approximate surface area is 134 Å². The molecule has 124 valence electrons. The lowest BCUT2D eigenvalue weighted by atomic mass is 10.1. The maximum Gasteiger partial charge on any atom is 0.276 e. The van der Waals surface area contributed by atoms with E-state index in [2.05, 4.69) is 10.6 Å². The van der Waals surface area contributed by atoms with E-state index in [1.165, 1.54) is 20.3 Å². The lowest BCUT2D eigenvalue weighted by molar-refractivity contribution is -0.385. The highest BCUT2D eigenvalue weighted by Gasteiger charge is 2.19. The van der Waals surface area contributed by atoms with Gasteiger partial charge < -0.3 is 20.1 Å². The maximum absolute atomic E-state index is 11.3. The van der Waals surface area contributed by atoms with Crippen LogP contribution in [0.2, 0.25) is 0 Å². The number of carbonyl (C=O) groups is 1. The SMILES string of the molecule is CNCC(=O)NCCc1cc(OC)c(OC)cc1[N+](=O)[O-].Cl. The summed E-state index contributed by atoms with van der Waals surface area (Å²) in [5, 5.41) is 16.5. The highest BCUT2D eigenvalue weighted by Crippen LogP contribution is 2.34. The molecule has 1 rings (SSSR count). The van der Waals surface area contributed by atoms with Crippen molar-refractivity contribution in [3.63, 3.8) is 0 Å². The first-order chi connectivity index (χ1) is 10.0. The van der Waals surface area contributed by atoms with Crippen LogP contribution in [0.1, 0.15) is 5.56 Å². The number of halogens is 1. The molecule has 0 fully saturated rings. The first-order valence-electron chi connectivity index (χ1n) is 6.34. The largest absolute Gasteiger partial charge is 0.493 e. The van der Waals surface area contributed by atoms with Gasteiger partial charge in [-0.3, -0.25) is 14.9 Å². The molecular weight excluding hydrogens is 314 g/mol. The van der Waals surface area contributed by atoms with Crippen LogP contribution in [-0.4, -0.2) is 45.2 Å². The minimum Gasteiger partial charge on any atom is -0.493 e. The standard InChI is InChI=1S/C13H19N3O5.ClH/c1-14-8-13(17)15-5-4-9-6-11(20-2)12(21-3)7-10(9)16(18)19;/h6-7,14H,4-5,8H2,1-3H3,(H,15,17);1H. The number of ether oxygens (including phenoxy) is 2. The van der Waals surface area contributed by atoms with Gasteiger partial charge in [-0.2, -0.15) is 0 Å². The summed E-state index contributed by atoms with van der Waals surface area (Å²) in [7, 11) is 4.54. The smallest absolute Gasteiger partial charge is 0.276 e. The Morgan fingerprint density at radius 1 is 1.27 bits per heavy atom. The topological polar surface area (TPSA) is 103 Å². The van der Waals surface area contributed by atoms with Crippen molar-refractivity contribution in [3.8, 4) is 11.5 Å². The summed E-state index contributed by atoms with van der Waals surface area (Å²) < 4.78 is 10.2. The molecule has 2 N–H and O–H groups in total. The number of nitro benzene ring substituents is 1. The van der Waals surface area contributed by atoms with Crippen molar-refractivity contribution in [1.82, 2.24) is 10.6 Å². The number of hydrogen-bond donors (Lipinski definition) is 2. The molecular formula is C13H20ClN3O5. The van der Waals surface area contributed by atoms with Gasteiger partial charge in [-0.05, 0) is 19.5 Å². The van der Waals surface area contributed by atoms with E-state index < -0.39 is 4.92 Å². The van der Waals surface area contributed by atoms with Gasteiger partial charge in [0, 0.05) is 12.1 Å². The third kappa shape index (κ3) is 5.38. The molecule has 9 heteroatoms. The fourth-order valence-electron chi connectivity index (χ4n) is 1.84. The zero-order valence-electron chi connectivity index (χ0n) is 12.7. The summed E-state index contributed by atoms with van der Waals surface area (Å²) in [6.07, 6.45) is 0.326. The lowest BCUT2D eigenvalue weighted by Crippen LogP contribution is -2.33. The van der Waals surface area contributed by atoms with Gasteiger partial charge in [-0.1, -0.05) is 0 Å². The summed E-state index contributed by atoms with van der Waals surface area (Å²) >= 11 is 0. The molecule has 8 nitrogen and oxygen atoms in total. The normalized spacial score (nSPS) is 9.59. The Bertz CT molecular complexity index is 525. The summed E-state index contributed by atoms with van der Waals surface area (Å²) in [4.78, 5) is 21.9. The monoisotopic (exact) mass is 333 g/mol. The van der Waals surface area contributed by atoms with E-state index in [0.29, 0.717) is 30.0 Å². The third-order valence-electron chi connectivity index (χ3n) is 2.84. The zero-order valence-corrected chi connectivity index (χ0v) is 13.5. The fourth-order valence-corrected chi connectivity index (χ4v) is 1.84. The molecule has 0 heterocycles. The Kier molecular flexibility index (Phi) is 8.88. The van der Waals surface area contributed by atoms with Gasteiger partial charge in [0.25, 0.3) is 5.69 Å². The molecule has 0 atom stereocenters. The van der Waals surface area contributed by atoms with E-state index in [0.717, 1.165) is 0 Å². The number of carbonyl (C=O) groups excluding carboxylic acids is 1. The van der Waals surface area contributed by atoms with Crippen LogP contribution in [0.4, 0.5) is 5.69 Å². The number of methoxy groups -OCH3 is 2. The van der Waals surface area contributed by atoms with Gasteiger partial charge in [0.05, 0.1) is 31.8 Å². The number of nitrogens with one attached hydrogen (secondary N) is 2. The van der Waals surface area contributed by atoms with Gasteiger partial charge in [0.15, 0.2) is 11.5 Å². The fraction of sp³-hybridized carbons (Fsp3) is 0.462. The van der Waals surface area contributed by atoms with Crippen LogP contribution >= 0.6 is 12.4 Å². The number of hydrogen-bond acceptors (Lipinski definition) is 6. The first-order valence-corrected chi connectivity index (χ1v) is 6.34. The molecule has 0 aliphatic carbocycles. The van der Waals surface area contributed by atoms with E-state index in [9.17, 15) is 14.9 Å². The molecule has 0 bridgehead atoms.